The van der Waals surface area contributed by atoms with Crippen LogP contribution >= 0.6 is 11.8 Å². The van der Waals surface area contributed by atoms with Gasteiger partial charge in [0.15, 0.2) is 6.29 Å². The van der Waals surface area contributed by atoms with Crippen molar-refractivity contribution < 1.29 is 28.5 Å². The number of allylic oxidation sites excluding steroid dienone is 4. The Morgan fingerprint density at radius 1 is 1.08 bits per heavy atom. The van der Waals surface area contributed by atoms with Crippen molar-refractivity contribution in [3.05, 3.63) is 81.3 Å². The Bertz CT molecular complexity index is 1350. The Morgan fingerprint density at radius 3 is 2.29 bits per heavy atom. The minimum absolute atomic E-state index is 0.0702. The number of rotatable bonds is 21. The highest BCUT2D eigenvalue weighted by atomic mass is 32.2. The van der Waals surface area contributed by atoms with Crippen LogP contribution < -0.4 is 5.32 Å². The molecule has 1 aromatic rings. The van der Waals surface area contributed by atoms with Gasteiger partial charge in [-0.25, -0.2) is 4.79 Å². The molecule has 1 fully saturated rings. The van der Waals surface area contributed by atoms with Crippen LogP contribution in [0.4, 0.5) is 0 Å². The lowest BCUT2D eigenvalue weighted by molar-refractivity contribution is -0.160. The first-order valence-corrected chi connectivity index (χ1v) is 18.6. The maximum absolute atomic E-state index is 14.3. The first-order valence-electron chi connectivity index (χ1n) is 17.7. The summed E-state index contributed by atoms with van der Waals surface area (Å²) in [5, 5.41) is 5.45. The van der Waals surface area contributed by atoms with Gasteiger partial charge < -0.3 is 29.2 Å². The summed E-state index contributed by atoms with van der Waals surface area (Å²) in [5.41, 5.74) is 4.88. The molecule has 1 aromatic carbocycles. The van der Waals surface area contributed by atoms with Crippen molar-refractivity contribution in [1.82, 2.24) is 10.2 Å². The second-order valence-corrected chi connectivity index (χ2v) is 13.5. The quantitative estimate of drug-likeness (QED) is 0.0591. The average molecular weight is 697 g/mol. The third-order valence-corrected chi connectivity index (χ3v) is 9.64. The van der Waals surface area contributed by atoms with E-state index >= 15 is 0 Å². The van der Waals surface area contributed by atoms with Gasteiger partial charge in [0, 0.05) is 37.3 Å². The Kier molecular flexibility index (Phi) is 19.2. The highest BCUT2D eigenvalue weighted by molar-refractivity contribution is 8.10. The Hall–Kier alpha value is -3.23. The van der Waals surface area contributed by atoms with E-state index in [9.17, 15) is 9.59 Å². The molecular formula is C40H60N2O6S. The van der Waals surface area contributed by atoms with E-state index in [0.29, 0.717) is 49.9 Å². The van der Waals surface area contributed by atoms with Crippen molar-refractivity contribution in [2.45, 2.75) is 107 Å². The number of carbonyl (C=O) groups is 1. The van der Waals surface area contributed by atoms with Crippen LogP contribution in [0.2, 0.25) is 0 Å². The van der Waals surface area contributed by atoms with Crippen LogP contribution in [-0.2, 0) is 35.1 Å². The smallest absolute Gasteiger partial charge is 0.234 e. The second kappa shape index (κ2) is 22.5. The van der Waals surface area contributed by atoms with Crippen molar-refractivity contribution >= 4 is 28.5 Å². The SMILES string of the molecule is CC/C=C\SC(=C(C)C)c1ccc(CNC(=C=O)C2CCCN2C(=O)C(/C(=C/C(OCC(OCC)OCC)=C(C)CC)OC)C(C)C)cc1. The molecule has 0 spiro atoms. The highest BCUT2D eigenvalue weighted by Crippen LogP contribution is 2.33. The Balaban J connectivity index is 2.27. The van der Waals surface area contributed by atoms with Crippen molar-refractivity contribution in [3.63, 3.8) is 0 Å². The van der Waals surface area contributed by atoms with Crippen molar-refractivity contribution in [2.75, 3.05) is 33.5 Å². The molecule has 2 atom stereocenters. The summed E-state index contributed by atoms with van der Waals surface area (Å²) in [6.07, 6.45) is 6.74. The monoisotopic (exact) mass is 696 g/mol. The molecule has 0 saturated carbocycles. The molecule has 0 aromatic heterocycles. The van der Waals surface area contributed by atoms with E-state index in [1.165, 1.54) is 10.5 Å². The number of nitrogens with one attached hydrogen (secondary N) is 1. The summed E-state index contributed by atoms with van der Waals surface area (Å²) in [6, 6.07) is 8.01. The largest absolute Gasteiger partial charge is 0.500 e. The highest BCUT2D eigenvalue weighted by Gasteiger charge is 2.39. The molecule has 0 radical (unpaired) electrons. The first kappa shape index (κ1) is 41.9. The third kappa shape index (κ3) is 12.9. The number of carbonyl (C=O) groups excluding carboxylic acids is 2. The van der Waals surface area contributed by atoms with Gasteiger partial charge in [0.2, 0.25) is 5.91 Å². The topological polar surface area (TPSA) is 86.3 Å². The summed E-state index contributed by atoms with van der Waals surface area (Å²) in [7, 11) is 1.59. The molecule has 0 bridgehead atoms. The lowest BCUT2D eigenvalue weighted by Gasteiger charge is -2.32. The number of likely N-dealkylation sites (tertiary alicyclic amines) is 1. The number of hydrogen-bond donors (Lipinski definition) is 1. The molecule has 8 nitrogen and oxygen atoms in total. The summed E-state index contributed by atoms with van der Waals surface area (Å²) in [4.78, 5) is 29.7. The molecule has 1 N–H and O–H groups in total. The van der Waals surface area contributed by atoms with Crippen LogP contribution in [0, 0.1) is 11.8 Å². The number of benzene rings is 1. The fraction of sp³-hybridized carbons (Fsp3) is 0.575. The number of methoxy groups -OCH3 is 1. The van der Waals surface area contributed by atoms with Gasteiger partial charge in [-0.1, -0.05) is 75.4 Å². The second-order valence-electron chi connectivity index (χ2n) is 12.6. The number of amides is 1. The first-order chi connectivity index (χ1) is 23.6. The summed E-state index contributed by atoms with van der Waals surface area (Å²) < 4.78 is 23.5. The molecule has 1 aliphatic heterocycles. The number of thioether (sulfide) groups is 1. The van der Waals surface area contributed by atoms with E-state index in [4.69, 9.17) is 18.9 Å². The zero-order chi connectivity index (χ0) is 36.3. The molecule has 272 valence electrons. The van der Waals surface area contributed by atoms with Crippen LogP contribution in [0.1, 0.15) is 99.1 Å². The number of nitrogens with zero attached hydrogens (tertiary/aromatic N) is 1. The van der Waals surface area contributed by atoms with Gasteiger partial charge in [-0.2, -0.15) is 0 Å². The van der Waals surface area contributed by atoms with Gasteiger partial charge in [-0.3, -0.25) is 4.79 Å². The maximum Gasteiger partial charge on any atom is 0.234 e. The molecule has 2 rings (SSSR count). The van der Waals surface area contributed by atoms with E-state index in [-0.39, 0.29) is 24.5 Å². The molecule has 1 heterocycles. The van der Waals surface area contributed by atoms with E-state index in [1.54, 1.807) is 18.9 Å². The third-order valence-electron chi connectivity index (χ3n) is 8.43. The van der Waals surface area contributed by atoms with Gasteiger partial charge in [0.25, 0.3) is 0 Å². The van der Waals surface area contributed by atoms with E-state index in [2.05, 4.69) is 74.7 Å². The van der Waals surface area contributed by atoms with E-state index in [1.807, 2.05) is 45.6 Å². The molecular weight excluding hydrogens is 637 g/mol. The van der Waals surface area contributed by atoms with Crippen LogP contribution in [0.15, 0.2) is 70.2 Å². The lowest BCUT2D eigenvalue weighted by Crippen LogP contribution is -2.45. The molecule has 9 heteroatoms. The van der Waals surface area contributed by atoms with Crippen LogP contribution in [-0.4, -0.2) is 62.6 Å². The van der Waals surface area contributed by atoms with Gasteiger partial charge in [-0.15, -0.1) is 0 Å². The summed E-state index contributed by atoms with van der Waals surface area (Å²) in [6.45, 7) is 20.5. The van der Waals surface area contributed by atoms with Crippen molar-refractivity contribution in [1.29, 1.82) is 0 Å². The van der Waals surface area contributed by atoms with Gasteiger partial charge in [0.05, 0.1) is 19.1 Å². The summed E-state index contributed by atoms with van der Waals surface area (Å²) in [5.74, 6) is 2.56. The molecule has 2 unspecified atom stereocenters. The summed E-state index contributed by atoms with van der Waals surface area (Å²) >= 11 is 1.73. The van der Waals surface area contributed by atoms with Gasteiger partial charge in [-0.05, 0) is 88.3 Å². The number of ether oxygens (including phenoxy) is 4. The molecule has 49 heavy (non-hydrogen) atoms. The normalized spacial score (nSPS) is 16.1. The fourth-order valence-electron chi connectivity index (χ4n) is 5.67. The average Bonchev–Trinajstić information content (AvgIpc) is 3.58. The fourth-order valence-corrected chi connectivity index (χ4v) is 6.60. The van der Waals surface area contributed by atoms with Crippen molar-refractivity contribution in [2.24, 2.45) is 11.8 Å². The molecule has 1 aliphatic rings. The van der Waals surface area contributed by atoms with Crippen LogP contribution in [0.25, 0.3) is 4.91 Å². The predicted molar refractivity (Wildman–Crippen MR) is 202 cm³/mol. The standard InChI is InChI=1S/C40H60N2O6S/c1-11-15-23-49-39(29(7)8)32-20-18-31(19-21-32)25-41-33(26-43)34-17-16-22-42(34)40(44)38(28(5)6)36(45-10)24-35(30(9)12-2)48-27-37(46-13-3)47-14-4/h15,18-21,23-24,28,34,37-38,41H,11-14,16-17,22,25,27H2,1-10H3/b23-15-,35-30?,36-24-. The van der Waals surface area contributed by atoms with Gasteiger partial charge >= 0.3 is 0 Å². The van der Waals surface area contributed by atoms with Crippen molar-refractivity contribution in [3.8, 4) is 0 Å². The van der Waals surface area contributed by atoms with Crippen LogP contribution in [0.5, 0.6) is 0 Å². The maximum atomic E-state index is 14.3. The Labute approximate surface area is 300 Å². The molecule has 0 aliphatic carbocycles. The molecule has 1 saturated heterocycles. The zero-order valence-corrected chi connectivity index (χ0v) is 32.3. The zero-order valence-electron chi connectivity index (χ0n) is 31.5. The predicted octanol–water partition coefficient (Wildman–Crippen LogP) is 8.79. The van der Waals surface area contributed by atoms with E-state index in [0.717, 1.165) is 36.0 Å². The lowest BCUT2D eigenvalue weighted by atomic mass is 9.91. The minimum atomic E-state index is -0.571. The number of hydrogen-bond acceptors (Lipinski definition) is 8. The van der Waals surface area contributed by atoms with Crippen LogP contribution in [0.3, 0.4) is 0 Å². The van der Waals surface area contributed by atoms with E-state index < -0.39 is 12.2 Å². The Morgan fingerprint density at radius 2 is 1.76 bits per heavy atom. The molecule has 1 amide bonds. The van der Waals surface area contributed by atoms with Gasteiger partial charge in [0.1, 0.15) is 29.8 Å². The minimum Gasteiger partial charge on any atom is -0.500 e.